The van der Waals surface area contributed by atoms with Gasteiger partial charge in [0.2, 0.25) is 5.95 Å². The number of rotatable bonds is 3. The van der Waals surface area contributed by atoms with Crippen LogP contribution in [0.5, 0.6) is 0 Å². The van der Waals surface area contributed by atoms with E-state index in [1.54, 1.807) is 29.3 Å². The van der Waals surface area contributed by atoms with E-state index < -0.39 is 0 Å². The van der Waals surface area contributed by atoms with Gasteiger partial charge in [-0.1, -0.05) is 41.0 Å². The minimum Gasteiger partial charge on any atom is -0.324 e. The van der Waals surface area contributed by atoms with Crippen LogP contribution in [0, 0.1) is 6.92 Å². The predicted molar refractivity (Wildman–Crippen MR) is 126 cm³/mol. The Kier molecular flexibility index (Phi) is 5.52. The number of aromatic nitrogens is 2. The van der Waals surface area contributed by atoms with Crippen LogP contribution in [0.25, 0.3) is 0 Å². The lowest BCUT2D eigenvalue weighted by Crippen LogP contribution is -2.35. The summed E-state index contributed by atoms with van der Waals surface area (Å²) in [6, 6.07) is 9.44. The van der Waals surface area contributed by atoms with Gasteiger partial charge in [-0.3, -0.25) is 9.69 Å². The molecule has 0 saturated heterocycles. The molecule has 0 aliphatic carbocycles. The van der Waals surface area contributed by atoms with Crippen LogP contribution in [-0.4, -0.2) is 28.3 Å². The van der Waals surface area contributed by atoms with Crippen molar-refractivity contribution >= 4 is 58.2 Å². The summed E-state index contributed by atoms with van der Waals surface area (Å²) < 4.78 is 0. The van der Waals surface area contributed by atoms with E-state index in [-0.39, 0.29) is 5.91 Å². The third-order valence-electron chi connectivity index (χ3n) is 5.46. The Morgan fingerprint density at radius 2 is 2.03 bits per heavy atom. The fourth-order valence-electron chi connectivity index (χ4n) is 3.97. The Balaban J connectivity index is 1.41. The Hall–Kier alpha value is -2.32. The van der Waals surface area contributed by atoms with Crippen molar-refractivity contribution in [3.8, 4) is 0 Å². The van der Waals surface area contributed by atoms with Gasteiger partial charge < -0.3 is 10.6 Å². The number of para-hydroxylation sites is 1. The zero-order chi connectivity index (χ0) is 21.5. The van der Waals surface area contributed by atoms with Gasteiger partial charge in [0.25, 0.3) is 5.91 Å². The largest absolute Gasteiger partial charge is 0.324 e. The molecule has 0 fully saturated rings. The maximum atomic E-state index is 13.1. The molecule has 2 aromatic carbocycles. The van der Waals surface area contributed by atoms with Crippen molar-refractivity contribution in [1.82, 2.24) is 15.3 Å². The highest BCUT2D eigenvalue weighted by molar-refractivity contribution is 7.99. The van der Waals surface area contributed by atoms with E-state index in [0.717, 1.165) is 25.2 Å². The number of amides is 1. The van der Waals surface area contributed by atoms with Crippen LogP contribution in [-0.2, 0) is 13.0 Å². The second-order valence-corrected chi connectivity index (χ2v) is 9.22. The fraction of sp³-hybridized carbons (Fsp3) is 0.227. The van der Waals surface area contributed by atoms with Gasteiger partial charge in [0.15, 0.2) is 0 Å². The Labute approximate surface area is 194 Å². The Morgan fingerprint density at radius 1 is 1.23 bits per heavy atom. The van der Waals surface area contributed by atoms with Crippen LogP contribution in [0.3, 0.4) is 0 Å². The molecule has 31 heavy (non-hydrogen) atoms. The highest BCUT2D eigenvalue weighted by Gasteiger charge is 2.30. The summed E-state index contributed by atoms with van der Waals surface area (Å²) in [7, 11) is 0. The van der Waals surface area contributed by atoms with Gasteiger partial charge >= 0.3 is 0 Å². The molecular weight excluding hydrogens is 453 g/mol. The number of nitrogens with zero attached hydrogens (tertiary/aromatic N) is 3. The molecule has 0 radical (unpaired) electrons. The van der Waals surface area contributed by atoms with Gasteiger partial charge in [-0.2, -0.15) is 0 Å². The fourth-order valence-corrected chi connectivity index (χ4v) is 5.51. The van der Waals surface area contributed by atoms with Crippen LogP contribution in [0.4, 0.5) is 17.3 Å². The van der Waals surface area contributed by atoms with E-state index in [1.165, 1.54) is 28.5 Å². The van der Waals surface area contributed by atoms with Gasteiger partial charge in [-0.25, -0.2) is 9.97 Å². The quantitative estimate of drug-likeness (QED) is 0.512. The van der Waals surface area contributed by atoms with Gasteiger partial charge in [0, 0.05) is 18.4 Å². The maximum absolute atomic E-state index is 13.1. The number of thioether (sulfide) groups is 1. The van der Waals surface area contributed by atoms with Crippen molar-refractivity contribution in [2.75, 3.05) is 22.6 Å². The topological polar surface area (TPSA) is 70.2 Å². The SMILES string of the molecule is Cc1cc(Nc2ncc3c(n2)SCN(c2c(Cl)cccc2Cl)C3=O)cc2c1CCNC2. The number of anilines is 3. The lowest BCUT2D eigenvalue weighted by Gasteiger charge is -2.28. The lowest BCUT2D eigenvalue weighted by atomic mass is 9.95. The van der Waals surface area contributed by atoms with Crippen molar-refractivity contribution < 1.29 is 4.79 Å². The summed E-state index contributed by atoms with van der Waals surface area (Å²) in [5.74, 6) is 0.618. The van der Waals surface area contributed by atoms with Gasteiger partial charge in [-0.15, -0.1) is 0 Å². The number of halogens is 2. The van der Waals surface area contributed by atoms with E-state index in [9.17, 15) is 4.79 Å². The first-order chi connectivity index (χ1) is 15.0. The van der Waals surface area contributed by atoms with Gasteiger partial charge in [0.05, 0.1) is 27.2 Å². The Morgan fingerprint density at radius 3 is 2.84 bits per heavy atom. The smallest absolute Gasteiger partial charge is 0.263 e. The standard InChI is InChI=1S/C22H19Cl2N5OS/c1-12-7-14(8-13-9-25-6-5-15(12)13)27-22-26-10-16-20(28-22)31-11-29(21(16)30)19-17(23)3-2-4-18(19)24/h2-4,7-8,10,25H,5-6,9,11H2,1H3,(H,26,27,28). The van der Waals surface area contributed by atoms with E-state index in [1.807, 2.05) is 0 Å². The summed E-state index contributed by atoms with van der Waals surface area (Å²) in [5.41, 5.74) is 5.85. The van der Waals surface area contributed by atoms with E-state index in [2.05, 4.69) is 39.7 Å². The summed E-state index contributed by atoms with van der Waals surface area (Å²) >= 11 is 14.1. The number of benzene rings is 2. The van der Waals surface area contributed by atoms with Crippen LogP contribution >= 0.6 is 35.0 Å². The number of hydrogen-bond donors (Lipinski definition) is 2. The molecule has 1 amide bonds. The minimum atomic E-state index is -0.217. The molecular formula is C22H19Cl2N5OS. The van der Waals surface area contributed by atoms with Crippen LogP contribution < -0.4 is 15.5 Å². The van der Waals surface area contributed by atoms with E-state index in [4.69, 9.17) is 23.2 Å². The molecule has 1 aromatic heterocycles. The molecule has 0 spiro atoms. The molecule has 0 bridgehead atoms. The van der Waals surface area contributed by atoms with Crippen molar-refractivity contribution in [3.05, 3.63) is 68.8 Å². The maximum Gasteiger partial charge on any atom is 0.263 e. The third kappa shape index (κ3) is 3.87. The first-order valence-electron chi connectivity index (χ1n) is 9.87. The summed E-state index contributed by atoms with van der Waals surface area (Å²) in [6.45, 7) is 4.00. The molecule has 0 saturated carbocycles. The van der Waals surface area contributed by atoms with Crippen molar-refractivity contribution in [1.29, 1.82) is 0 Å². The normalized spacial score (nSPS) is 15.5. The van der Waals surface area contributed by atoms with Crippen molar-refractivity contribution in [2.24, 2.45) is 0 Å². The average Bonchev–Trinajstić information content (AvgIpc) is 2.75. The van der Waals surface area contributed by atoms with Gasteiger partial charge in [0.1, 0.15) is 5.03 Å². The second kappa shape index (κ2) is 8.31. The molecule has 158 valence electrons. The van der Waals surface area contributed by atoms with Crippen LogP contribution in [0.2, 0.25) is 10.0 Å². The number of carbonyl (C=O) groups excluding carboxylic acids is 1. The number of aryl methyl sites for hydroxylation is 1. The molecule has 2 aliphatic heterocycles. The zero-order valence-electron chi connectivity index (χ0n) is 16.7. The molecule has 9 heteroatoms. The zero-order valence-corrected chi connectivity index (χ0v) is 19.0. The number of carbonyl (C=O) groups is 1. The molecule has 0 atom stereocenters. The molecule has 2 aliphatic rings. The van der Waals surface area contributed by atoms with Crippen LogP contribution in [0.15, 0.2) is 41.6 Å². The van der Waals surface area contributed by atoms with Crippen molar-refractivity contribution in [3.63, 3.8) is 0 Å². The highest BCUT2D eigenvalue weighted by atomic mass is 35.5. The monoisotopic (exact) mass is 471 g/mol. The minimum absolute atomic E-state index is 0.217. The van der Waals surface area contributed by atoms with Crippen LogP contribution in [0.1, 0.15) is 27.0 Å². The molecule has 0 unspecified atom stereocenters. The van der Waals surface area contributed by atoms with E-state index >= 15 is 0 Å². The average molecular weight is 472 g/mol. The lowest BCUT2D eigenvalue weighted by molar-refractivity contribution is 0.0985. The van der Waals surface area contributed by atoms with E-state index in [0.29, 0.717) is 38.1 Å². The first kappa shape index (κ1) is 20.6. The number of nitrogens with one attached hydrogen (secondary N) is 2. The number of hydrogen-bond acceptors (Lipinski definition) is 6. The molecule has 3 heterocycles. The summed E-state index contributed by atoms with van der Waals surface area (Å²) in [5, 5.41) is 8.20. The molecule has 5 rings (SSSR count). The highest BCUT2D eigenvalue weighted by Crippen LogP contribution is 2.39. The summed E-state index contributed by atoms with van der Waals surface area (Å²) in [4.78, 5) is 23.6. The summed E-state index contributed by atoms with van der Waals surface area (Å²) in [6.07, 6.45) is 2.60. The number of fused-ring (bicyclic) bond motifs is 2. The Bertz CT molecular complexity index is 1180. The van der Waals surface area contributed by atoms with Gasteiger partial charge in [-0.05, 0) is 60.8 Å². The molecule has 2 N–H and O–H groups in total. The molecule has 3 aromatic rings. The second-order valence-electron chi connectivity index (χ2n) is 7.47. The molecule has 6 nitrogen and oxygen atoms in total. The predicted octanol–water partition coefficient (Wildman–Crippen LogP) is 5.19. The van der Waals surface area contributed by atoms with Crippen molar-refractivity contribution in [2.45, 2.75) is 24.9 Å². The first-order valence-corrected chi connectivity index (χ1v) is 11.6. The third-order valence-corrected chi connectivity index (χ3v) is 7.04.